The Balaban J connectivity index is 0.00000189. The van der Waals surface area contributed by atoms with E-state index in [-0.39, 0.29) is 30.3 Å². The minimum atomic E-state index is -1.02. The fourth-order valence-electron chi connectivity index (χ4n) is 2.89. The number of benzene rings is 1. The topological polar surface area (TPSA) is 111 Å². The molecule has 6 N–H and O–H groups in total. The van der Waals surface area contributed by atoms with Crippen LogP contribution in [0.4, 0.5) is 8.78 Å². The van der Waals surface area contributed by atoms with Crippen LogP contribution < -0.4 is 16.8 Å². The molecule has 0 radical (unpaired) electrons. The van der Waals surface area contributed by atoms with Gasteiger partial charge in [0, 0.05) is 17.9 Å². The van der Waals surface area contributed by atoms with E-state index < -0.39 is 23.3 Å². The molecule has 1 unspecified atom stereocenters. The molecule has 1 aromatic carbocycles. The second-order valence-corrected chi connectivity index (χ2v) is 8.68. The summed E-state index contributed by atoms with van der Waals surface area (Å²) in [6.45, 7) is 7.05. The molecule has 6 nitrogen and oxygen atoms in total. The van der Waals surface area contributed by atoms with Crippen molar-refractivity contribution in [2.24, 2.45) is 11.5 Å². The first-order chi connectivity index (χ1) is 15.5. The largest absolute Gasteiger partial charge is 0.400 e. The summed E-state index contributed by atoms with van der Waals surface area (Å²) in [5.74, 6) is -1.87. The Kier molecular flexibility index (Phi) is 14.7. The predicted molar refractivity (Wildman–Crippen MR) is 133 cm³/mol. The first kappa shape index (κ1) is 30.9. The van der Waals surface area contributed by atoms with E-state index in [0.717, 1.165) is 18.6 Å². The summed E-state index contributed by atoms with van der Waals surface area (Å²) in [7, 11) is 0. The van der Waals surface area contributed by atoms with Crippen LogP contribution in [-0.2, 0) is 9.53 Å². The molecule has 0 spiro atoms. The maximum absolute atomic E-state index is 13.9. The van der Waals surface area contributed by atoms with Gasteiger partial charge in [0.1, 0.15) is 18.2 Å². The lowest BCUT2D eigenvalue weighted by Crippen LogP contribution is -2.40. The van der Waals surface area contributed by atoms with Crippen molar-refractivity contribution >= 4 is 23.4 Å². The average Bonchev–Trinajstić information content (AvgIpc) is 2.74. The second kappa shape index (κ2) is 15.7. The Hall–Kier alpha value is -2.10. The molecular weight excluding hydrogens is 448 g/mol. The van der Waals surface area contributed by atoms with E-state index in [1.807, 2.05) is 26.4 Å². The van der Waals surface area contributed by atoms with Gasteiger partial charge in [-0.3, -0.25) is 4.79 Å². The summed E-state index contributed by atoms with van der Waals surface area (Å²) in [6, 6.07) is 3.54. The van der Waals surface area contributed by atoms with Gasteiger partial charge in [-0.25, -0.2) is 8.78 Å². The molecule has 1 aromatic rings. The number of carbonyl (C=O) groups excluding carboxylic acids is 1. The van der Waals surface area contributed by atoms with Gasteiger partial charge in [0.05, 0.1) is 17.3 Å². The third-order valence-electron chi connectivity index (χ3n) is 4.35. The summed E-state index contributed by atoms with van der Waals surface area (Å²) in [5, 5.41) is 12.2. The molecule has 0 bridgehead atoms. The van der Waals surface area contributed by atoms with Gasteiger partial charge < -0.3 is 26.6 Å². The molecule has 1 aliphatic carbocycles. The molecule has 1 atom stereocenters. The van der Waals surface area contributed by atoms with E-state index in [1.165, 1.54) is 12.1 Å². The van der Waals surface area contributed by atoms with Gasteiger partial charge in [-0.15, -0.1) is 0 Å². The molecule has 0 aliphatic heterocycles. The normalized spacial score (nSPS) is 16.3. The van der Waals surface area contributed by atoms with Gasteiger partial charge in [0.2, 0.25) is 5.91 Å². The van der Waals surface area contributed by atoms with Gasteiger partial charge in [-0.1, -0.05) is 19.9 Å². The number of thioether (sulfide) groups is 1. The third-order valence-corrected chi connectivity index (χ3v) is 4.35. The number of nitrogens with two attached hydrogens (primary N) is 2. The van der Waals surface area contributed by atoms with Crippen LogP contribution in [0.5, 0.6) is 0 Å². The van der Waals surface area contributed by atoms with E-state index in [2.05, 4.69) is 5.32 Å². The first-order valence-corrected chi connectivity index (χ1v) is 12.5. The number of carbonyl (C=O) groups is 1. The smallest absolute Gasteiger partial charge is 0.246 e. The van der Waals surface area contributed by atoms with E-state index in [0.29, 0.717) is 24.1 Å². The molecule has 0 fully saturated rings. The zero-order chi connectivity index (χ0) is 25.6. The molecule has 0 aromatic heterocycles. The van der Waals surface area contributed by atoms with E-state index in [1.54, 1.807) is 25.6 Å². The Bertz CT molecular complexity index is 788. The standard InChI is InChI=1S/C20H27F2N3O3.C2H6S.C2H6/c1-20(2,27)11-25-17(26)10-28-16-8-3-5-12(19(16)24)9-15(23)18-13(21)6-4-7-14(18)22;1-3-2;1-2/h4,6-7,9,16,27H,3,5,8,10-11,23-24H2,1-2H3,(H,25,26);1-2H3;1-2H3/b15-9-;;. The highest BCUT2D eigenvalue weighted by Gasteiger charge is 2.23. The lowest BCUT2D eigenvalue weighted by Gasteiger charge is -2.25. The zero-order valence-corrected chi connectivity index (χ0v) is 21.3. The van der Waals surface area contributed by atoms with Crippen molar-refractivity contribution in [3.63, 3.8) is 0 Å². The van der Waals surface area contributed by atoms with Gasteiger partial charge >= 0.3 is 0 Å². The molecule has 0 saturated carbocycles. The molecular formula is C24H39F2N3O3S. The minimum Gasteiger partial charge on any atom is -0.400 e. The highest BCUT2D eigenvalue weighted by Crippen LogP contribution is 2.28. The number of hydrogen-bond donors (Lipinski definition) is 4. The summed E-state index contributed by atoms with van der Waals surface area (Å²) < 4.78 is 33.4. The summed E-state index contributed by atoms with van der Waals surface area (Å²) in [4.78, 5) is 11.8. The van der Waals surface area contributed by atoms with E-state index in [4.69, 9.17) is 16.2 Å². The van der Waals surface area contributed by atoms with Crippen LogP contribution >= 0.6 is 11.8 Å². The maximum atomic E-state index is 13.9. The Morgan fingerprint density at radius 1 is 1.30 bits per heavy atom. The SMILES string of the molecule is CC.CC(C)(O)CNC(=O)COC1CCCC(/C=C(\N)c2c(F)cccc2F)=C1N.CSC. The predicted octanol–water partition coefficient (Wildman–Crippen LogP) is 3.94. The molecule has 9 heteroatoms. The summed E-state index contributed by atoms with van der Waals surface area (Å²) >= 11 is 1.75. The highest BCUT2D eigenvalue weighted by atomic mass is 32.2. The number of halogens is 2. The van der Waals surface area contributed by atoms with Crippen molar-refractivity contribution in [1.82, 2.24) is 5.32 Å². The number of allylic oxidation sites excluding steroid dienone is 2. The number of aliphatic hydroxyl groups is 1. The molecule has 33 heavy (non-hydrogen) atoms. The Labute approximate surface area is 200 Å². The quantitative estimate of drug-likeness (QED) is 0.464. The molecule has 2 rings (SSSR count). The monoisotopic (exact) mass is 487 g/mol. The van der Waals surface area contributed by atoms with Gasteiger partial charge in [0.15, 0.2) is 0 Å². The minimum absolute atomic E-state index is 0.0582. The van der Waals surface area contributed by atoms with Crippen LogP contribution in [0.25, 0.3) is 5.70 Å². The van der Waals surface area contributed by atoms with Crippen molar-refractivity contribution in [2.75, 3.05) is 25.7 Å². The number of nitrogens with one attached hydrogen (secondary N) is 1. The fourth-order valence-corrected chi connectivity index (χ4v) is 2.89. The highest BCUT2D eigenvalue weighted by molar-refractivity contribution is 7.97. The van der Waals surface area contributed by atoms with Crippen molar-refractivity contribution in [3.8, 4) is 0 Å². The van der Waals surface area contributed by atoms with Crippen LogP contribution in [-0.4, -0.2) is 48.4 Å². The van der Waals surface area contributed by atoms with E-state index >= 15 is 0 Å². The van der Waals surface area contributed by atoms with Crippen LogP contribution in [0.1, 0.15) is 52.5 Å². The van der Waals surface area contributed by atoms with Gasteiger partial charge in [-0.05, 0) is 69.4 Å². The fraction of sp³-hybridized carbons (Fsp3) is 0.542. The van der Waals surface area contributed by atoms with Crippen molar-refractivity contribution in [2.45, 2.75) is 58.7 Å². The van der Waals surface area contributed by atoms with Crippen LogP contribution in [0.3, 0.4) is 0 Å². The van der Waals surface area contributed by atoms with Crippen molar-refractivity contribution in [3.05, 3.63) is 52.7 Å². The van der Waals surface area contributed by atoms with E-state index in [9.17, 15) is 18.7 Å². The number of hydrogen-bond acceptors (Lipinski definition) is 6. The molecule has 0 heterocycles. The van der Waals surface area contributed by atoms with Crippen LogP contribution in [0.2, 0.25) is 0 Å². The molecule has 188 valence electrons. The zero-order valence-electron chi connectivity index (χ0n) is 20.5. The van der Waals surface area contributed by atoms with Crippen LogP contribution in [0.15, 0.2) is 35.5 Å². The van der Waals surface area contributed by atoms with Gasteiger partial charge in [0.25, 0.3) is 0 Å². The molecule has 1 amide bonds. The number of ether oxygens (including phenoxy) is 1. The number of rotatable bonds is 7. The molecule has 0 saturated heterocycles. The Morgan fingerprint density at radius 3 is 2.36 bits per heavy atom. The summed E-state index contributed by atoms with van der Waals surface area (Å²) in [5.41, 5.74) is 11.7. The van der Waals surface area contributed by atoms with Crippen molar-refractivity contribution in [1.29, 1.82) is 0 Å². The Morgan fingerprint density at radius 2 is 1.85 bits per heavy atom. The lowest BCUT2D eigenvalue weighted by molar-refractivity contribution is -0.128. The number of amides is 1. The third kappa shape index (κ3) is 11.5. The first-order valence-electron chi connectivity index (χ1n) is 10.9. The van der Waals surface area contributed by atoms with Crippen LogP contribution in [0, 0.1) is 11.6 Å². The lowest BCUT2D eigenvalue weighted by atomic mass is 9.92. The van der Waals surface area contributed by atoms with Gasteiger partial charge in [-0.2, -0.15) is 11.8 Å². The van der Waals surface area contributed by atoms with Crippen molar-refractivity contribution < 1.29 is 23.4 Å². The maximum Gasteiger partial charge on any atom is 0.246 e. The molecule has 1 aliphatic rings. The second-order valence-electron chi connectivity index (χ2n) is 7.87. The average molecular weight is 488 g/mol. The summed E-state index contributed by atoms with van der Waals surface area (Å²) in [6.07, 6.45) is 6.99.